The minimum Gasteiger partial charge on any atom is -0.276 e. The van der Waals surface area contributed by atoms with Gasteiger partial charge >= 0.3 is 6.03 Å². The molecule has 0 unspecified atom stereocenters. The van der Waals surface area contributed by atoms with Crippen molar-refractivity contribution in [3.63, 3.8) is 0 Å². The summed E-state index contributed by atoms with van der Waals surface area (Å²) in [6.45, 7) is 0.140. The average molecular weight is 214 g/mol. The van der Waals surface area contributed by atoms with E-state index in [1.54, 1.807) is 11.3 Å². The van der Waals surface area contributed by atoms with Crippen molar-refractivity contribution in [1.29, 1.82) is 0 Å². The summed E-state index contributed by atoms with van der Waals surface area (Å²) in [6, 6.07) is 3.48. The molecule has 0 atom stereocenters. The lowest BCUT2D eigenvalue weighted by molar-refractivity contribution is -0.118. The molecule has 13 heavy (non-hydrogen) atoms. The van der Waals surface area contributed by atoms with Crippen molar-refractivity contribution in [3.05, 3.63) is 17.5 Å². The number of amides is 3. The molecule has 1 aliphatic rings. The van der Waals surface area contributed by atoms with Gasteiger partial charge in [0, 0.05) is 11.9 Å². The predicted octanol–water partition coefficient (Wildman–Crippen LogP) is 1.31. The van der Waals surface area contributed by atoms with E-state index in [1.807, 2.05) is 17.5 Å². The molecule has 1 fully saturated rings. The number of urea groups is 1. The maximum atomic E-state index is 11.1. The zero-order valence-corrected chi connectivity index (χ0v) is 8.15. The molecule has 1 saturated heterocycles. The van der Waals surface area contributed by atoms with Crippen LogP contribution in [0.25, 0.3) is 0 Å². The molecule has 6 heteroatoms. The summed E-state index contributed by atoms with van der Waals surface area (Å²) in [5.74, 6) is -0.242. The highest BCUT2D eigenvalue weighted by atomic mass is 32.2. The van der Waals surface area contributed by atoms with E-state index in [1.165, 1.54) is 16.3 Å². The molecular formula is C7H6N2O2S2. The minimum absolute atomic E-state index is 0.140. The number of hydrogen-bond acceptors (Lipinski definition) is 4. The van der Waals surface area contributed by atoms with E-state index in [2.05, 4.69) is 5.32 Å². The molecule has 4 nitrogen and oxygen atoms in total. The van der Waals surface area contributed by atoms with Gasteiger partial charge in [0.15, 0.2) is 0 Å². The van der Waals surface area contributed by atoms with Crippen LogP contribution in [0.5, 0.6) is 0 Å². The second-order valence-corrected chi connectivity index (χ2v) is 4.68. The van der Waals surface area contributed by atoms with Gasteiger partial charge in [-0.2, -0.15) is 0 Å². The molecule has 68 valence electrons. The Bertz CT molecular complexity index is 336. The van der Waals surface area contributed by atoms with E-state index in [0.29, 0.717) is 0 Å². The number of nitrogens with zero attached hydrogens (tertiary/aromatic N) is 1. The van der Waals surface area contributed by atoms with Gasteiger partial charge in [0.1, 0.15) is 6.54 Å². The Labute approximate surface area is 83.1 Å². The molecule has 2 heterocycles. The molecule has 2 rings (SSSR count). The maximum absolute atomic E-state index is 11.1. The normalized spacial score (nSPS) is 16.5. The number of thiophene rings is 1. The predicted molar refractivity (Wildman–Crippen MR) is 50.4 cm³/mol. The summed E-state index contributed by atoms with van der Waals surface area (Å²) in [4.78, 5) is 21.9. The van der Waals surface area contributed by atoms with Crippen LogP contribution in [0, 0.1) is 0 Å². The summed E-state index contributed by atoms with van der Waals surface area (Å²) in [5.41, 5.74) is 0. The molecule has 0 saturated carbocycles. The Morgan fingerprint density at radius 1 is 1.54 bits per heavy atom. The van der Waals surface area contributed by atoms with E-state index in [4.69, 9.17) is 0 Å². The quantitative estimate of drug-likeness (QED) is 0.596. The molecule has 1 aliphatic heterocycles. The number of carbonyl (C=O) groups excluding carboxylic acids is 2. The minimum atomic E-state index is -0.330. The van der Waals surface area contributed by atoms with Crippen molar-refractivity contribution in [2.45, 2.75) is 4.21 Å². The molecule has 0 bridgehead atoms. The molecule has 0 radical (unpaired) electrons. The van der Waals surface area contributed by atoms with Crippen LogP contribution < -0.4 is 5.32 Å². The fourth-order valence-electron chi connectivity index (χ4n) is 0.921. The van der Waals surface area contributed by atoms with Gasteiger partial charge in [0.05, 0.1) is 4.21 Å². The fraction of sp³-hybridized carbons (Fsp3) is 0.143. The standard InChI is InChI=1S/C7H6N2O2S2/c10-5-4-9(7(11)8-5)13-6-2-1-3-12-6/h1-3H,4H2,(H,8,10,11). The molecule has 0 aromatic carbocycles. The number of imide groups is 1. The molecule has 3 amide bonds. The van der Waals surface area contributed by atoms with E-state index >= 15 is 0 Å². The third-order valence-corrected chi connectivity index (χ3v) is 3.46. The second-order valence-electron chi connectivity index (χ2n) is 2.41. The number of hydrogen-bond donors (Lipinski definition) is 1. The van der Waals surface area contributed by atoms with Crippen LogP contribution in [-0.4, -0.2) is 22.8 Å². The summed E-state index contributed by atoms with van der Waals surface area (Å²) in [7, 11) is 0. The first-order valence-corrected chi connectivity index (χ1v) is 5.24. The second kappa shape index (κ2) is 3.39. The van der Waals surface area contributed by atoms with Crippen LogP contribution in [0.1, 0.15) is 0 Å². The molecule has 0 spiro atoms. The fourth-order valence-corrected chi connectivity index (χ4v) is 2.65. The van der Waals surface area contributed by atoms with Crippen molar-refractivity contribution >= 4 is 35.2 Å². The Morgan fingerprint density at radius 3 is 2.92 bits per heavy atom. The van der Waals surface area contributed by atoms with Crippen LogP contribution >= 0.6 is 23.3 Å². The zero-order valence-electron chi connectivity index (χ0n) is 6.52. The number of carbonyl (C=O) groups is 2. The van der Waals surface area contributed by atoms with Crippen LogP contribution in [0.4, 0.5) is 4.79 Å². The van der Waals surface area contributed by atoms with Gasteiger partial charge in [-0.25, -0.2) is 4.79 Å². The summed E-state index contributed by atoms with van der Waals surface area (Å²) >= 11 is 2.83. The van der Waals surface area contributed by atoms with Crippen molar-refractivity contribution in [1.82, 2.24) is 9.62 Å². The number of rotatable bonds is 2. The van der Waals surface area contributed by atoms with Gasteiger partial charge in [0.2, 0.25) is 5.91 Å². The average Bonchev–Trinajstić information content (AvgIpc) is 2.63. The molecule has 0 aliphatic carbocycles. The van der Waals surface area contributed by atoms with Crippen molar-refractivity contribution in [2.75, 3.05) is 6.54 Å². The first-order valence-electron chi connectivity index (χ1n) is 3.58. The van der Waals surface area contributed by atoms with E-state index in [0.717, 1.165) is 4.21 Å². The van der Waals surface area contributed by atoms with Gasteiger partial charge < -0.3 is 0 Å². The third-order valence-electron chi connectivity index (χ3n) is 1.46. The Kier molecular flexibility index (Phi) is 2.24. The van der Waals surface area contributed by atoms with Crippen molar-refractivity contribution < 1.29 is 9.59 Å². The van der Waals surface area contributed by atoms with Gasteiger partial charge in [-0.1, -0.05) is 6.07 Å². The highest BCUT2D eigenvalue weighted by Gasteiger charge is 2.27. The van der Waals surface area contributed by atoms with Crippen LogP contribution in [-0.2, 0) is 4.79 Å². The highest BCUT2D eigenvalue weighted by molar-refractivity contribution is 7.99. The van der Waals surface area contributed by atoms with E-state index in [9.17, 15) is 9.59 Å². The first-order chi connectivity index (χ1) is 6.25. The third kappa shape index (κ3) is 1.84. The summed E-state index contributed by atoms with van der Waals surface area (Å²) in [5, 5.41) is 4.14. The zero-order chi connectivity index (χ0) is 9.26. The Morgan fingerprint density at radius 2 is 2.38 bits per heavy atom. The maximum Gasteiger partial charge on any atom is 0.334 e. The highest BCUT2D eigenvalue weighted by Crippen LogP contribution is 2.27. The van der Waals surface area contributed by atoms with E-state index < -0.39 is 0 Å². The molecule has 1 aromatic heterocycles. The molecule has 1 N–H and O–H groups in total. The summed E-state index contributed by atoms with van der Waals surface area (Å²) in [6.07, 6.45) is 0. The topological polar surface area (TPSA) is 49.4 Å². The number of nitrogens with one attached hydrogen (secondary N) is 1. The SMILES string of the molecule is O=C1CN(Sc2cccs2)C(=O)N1. The smallest absolute Gasteiger partial charge is 0.276 e. The van der Waals surface area contributed by atoms with Gasteiger partial charge in [-0.3, -0.25) is 14.4 Å². The lowest BCUT2D eigenvalue weighted by Crippen LogP contribution is -2.22. The van der Waals surface area contributed by atoms with Crippen LogP contribution in [0.3, 0.4) is 0 Å². The van der Waals surface area contributed by atoms with Gasteiger partial charge in [-0.05, 0) is 11.4 Å². The van der Waals surface area contributed by atoms with Gasteiger partial charge in [0.25, 0.3) is 0 Å². The van der Waals surface area contributed by atoms with Crippen molar-refractivity contribution in [2.24, 2.45) is 0 Å². The summed E-state index contributed by atoms with van der Waals surface area (Å²) < 4.78 is 2.42. The van der Waals surface area contributed by atoms with E-state index in [-0.39, 0.29) is 18.5 Å². The molecule has 1 aromatic rings. The van der Waals surface area contributed by atoms with Gasteiger partial charge in [-0.15, -0.1) is 11.3 Å². The largest absolute Gasteiger partial charge is 0.334 e. The molecular weight excluding hydrogens is 208 g/mol. The van der Waals surface area contributed by atoms with Crippen LogP contribution in [0.15, 0.2) is 21.7 Å². The lowest BCUT2D eigenvalue weighted by Gasteiger charge is -2.08. The Balaban J connectivity index is 2.03. The van der Waals surface area contributed by atoms with Crippen LogP contribution in [0.2, 0.25) is 0 Å². The first kappa shape index (κ1) is 8.58. The lowest BCUT2D eigenvalue weighted by atomic mass is 10.7. The van der Waals surface area contributed by atoms with Crippen molar-refractivity contribution in [3.8, 4) is 0 Å². The Hall–Kier alpha value is -1.01. The monoisotopic (exact) mass is 214 g/mol.